The van der Waals surface area contributed by atoms with Crippen LogP contribution in [0.1, 0.15) is 27.2 Å². The van der Waals surface area contributed by atoms with Crippen LogP contribution in [-0.2, 0) is 4.74 Å². The number of ether oxygens (including phenoxy) is 1. The van der Waals surface area contributed by atoms with Gasteiger partial charge in [0.15, 0.2) is 0 Å². The first kappa shape index (κ1) is 13.2. The molecular formula is C9H21N3O2. The summed E-state index contributed by atoms with van der Waals surface area (Å²) in [6.07, 6.45) is 0.247. The molecule has 0 heterocycles. The van der Waals surface area contributed by atoms with Crippen molar-refractivity contribution in [3.05, 3.63) is 0 Å². The van der Waals surface area contributed by atoms with Gasteiger partial charge >= 0.3 is 6.09 Å². The lowest BCUT2D eigenvalue weighted by molar-refractivity contribution is 0.0526. The zero-order valence-electron chi connectivity index (χ0n) is 9.17. The Hall–Kier alpha value is -0.810. The molecule has 0 unspecified atom stereocenters. The lowest BCUT2D eigenvalue weighted by Gasteiger charge is -2.20. The predicted molar refractivity (Wildman–Crippen MR) is 55.9 cm³/mol. The van der Waals surface area contributed by atoms with Gasteiger partial charge in [0, 0.05) is 19.1 Å². The highest BCUT2D eigenvalue weighted by atomic mass is 16.6. The monoisotopic (exact) mass is 203 g/mol. The molecule has 1 atom stereocenters. The molecule has 0 aromatic rings. The number of alkyl carbamates (subject to hydrolysis) is 1. The van der Waals surface area contributed by atoms with Crippen LogP contribution in [0.4, 0.5) is 4.79 Å². The van der Waals surface area contributed by atoms with Crippen molar-refractivity contribution in [3.63, 3.8) is 0 Å². The van der Waals surface area contributed by atoms with E-state index in [4.69, 9.17) is 16.2 Å². The van der Waals surface area contributed by atoms with Crippen molar-refractivity contribution in [3.8, 4) is 0 Å². The number of carbonyl (C=O) groups is 1. The highest BCUT2D eigenvalue weighted by Crippen LogP contribution is 2.06. The summed E-state index contributed by atoms with van der Waals surface area (Å²) in [6, 6.07) is -0.0649. The van der Waals surface area contributed by atoms with E-state index in [1.165, 1.54) is 0 Å². The van der Waals surface area contributed by atoms with Gasteiger partial charge in [-0.1, -0.05) is 0 Å². The Kier molecular flexibility index (Phi) is 5.49. The summed E-state index contributed by atoms with van der Waals surface area (Å²) in [4.78, 5) is 11.1. The molecule has 0 aliphatic heterocycles. The van der Waals surface area contributed by atoms with E-state index in [2.05, 4.69) is 5.32 Å². The van der Waals surface area contributed by atoms with Crippen molar-refractivity contribution < 1.29 is 9.53 Å². The standard InChI is InChI=1S/C9H21N3O2/c1-9(2,3)14-8(13)12-5-4-7(11)6-10/h7H,4-6,10-11H2,1-3H3,(H,12,13)/t7-/m0/s1. The van der Waals surface area contributed by atoms with Gasteiger partial charge in [-0.25, -0.2) is 4.79 Å². The molecule has 0 spiro atoms. The van der Waals surface area contributed by atoms with Gasteiger partial charge in [0.1, 0.15) is 5.60 Å². The molecule has 0 aliphatic rings. The second-order valence-corrected chi connectivity index (χ2v) is 4.21. The van der Waals surface area contributed by atoms with E-state index in [0.29, 0.717) is 19.5 Å². The van der Waals surface area contributed by atoms with Crippen LogP contribution in [-0.4, -0.2) is 30.8 Å². The lowest BCUT2D eigenvalue weighted by Crippen LogP contribution is -2.37. The van der Waals surface area contributed by atoms with E-state index in [1.54, 1.807) is 0 Å². The molecule has 0 saturated heterocycles. The van der Waals surface area contributed by atoms with Gasteiger partial charge in [0.25, 0.3) is 0 Å². The minimum atomic E-state index is -0.458. The summed E-state index contributed by atoms with van der Waals surface area (Å²) in [5.74, 6) is 0. The minimum absolute atomic E-state index is 0.0649. The number of nitrogens with one attached hydrogen (secondary N) is 1. The maximum atomic E-state index is 11.1. The SMILES string of the molecule is CC(C)(C)OC(=O)NCC[C@H](N)CN. The normalized spacial score (nSPS) is 13.5. The van der Waals surface area contributed by atoms with Crippen molar-refractivity contribution in [1.29, 1.82) is 0 Å². The first-order valence-electron chi connectivity index (χ1n) is 4.77. The van der Waals surface area contributed by atoms with Gasteiger partial charge < -0.3 is 21.5 Å². The molecule has 0 bridgehead atoms. The fraction of sp³-hybridized carbons (Fsp3) is 0.889. The lowest BCUT2D eigenvalue weighted by atomic mass is 10.2. The third kappa shape index (κ3) is 7.82. The average molecular weight is 203 g/mol. The number of hydrogen-bond acceptors (Lipinski definition) is 4. The molecule has 1 amide bonds. The van der Waals surface area contributed by atoms with Crippen molar-refractivity contribution in [2.45, 2.75) is 38.8 Å². The van der Waals surface area contributed by atoms with E-state index in [-0.39, 0.29) is 6.04 Å². The Morgan fingerprint density at radius 3 is 2.50 bits per heavy atom. The topological polar surface area (TPSA) is 90.4 Å². The highest BCUT2D eigenvalue weighted by Gasteiger charge is 2.15. The summed E-state index contributed by atoms with van der Waals surface area (Å²) in [7, 11) is 0. The van der Waals surface area contributed by atoms with Crippen molar-refractivity contribution in [2.24, 2.45) is 11.5 Å². The van der Waals surface area contributed by atoms with Crippen LogP contribution in [0.25, 0.3) is 0 Å². The molecule has 0 fully saturated rings. The smallest absolute Gasteiger partial charge is 0.407 e. The molecule has 5 heteroatoms. The molecule has 84 valence electrons. The summed E-state index contributed by atoms with van der Waals surface area (Å²) in [6.45, 7) is 6.37. The molecule has 0 rings (SSSR count). The molecular weight excluding hydrogens is 182 g/mol. The first-order valence-corrected chi connectivity index (χ1v) is 4.77. The first-order chi connectivity index (χ1) is 6.35. The van der Waals surface area contributed by atoms with Crippen molar-refractivity contribution in [2.75, 3.05) is 13.1 Å². The Morgan fingerprint density at radius 1 is 1.50 bits per heavy atom. The van der Waals surface area contributed by atoms with Crippen LogP contribution < -0.4 is 16.8 Å². The van der Waals surface area contributed by atoms with Crippen LogP contribution in [0.5, 0.6) is 0 Å². The van der Waals surface area contributed by atoms with Gasteiger partial charge in [0.2, 0.25) is 0 Å². The van der Waals surface area contributed by atoms with Crippen molar-refractivity contribution in [1.82, 2.24) is 5.32 Å². The largest absolute Gasteiger partial charge is 0.444 e. The number of nitrogens with two attached hydrogens (primary N) is 2. The fourth-order valence-corrected chi connectivity index (χ4v) is 0.792. The molecule has 0 radical (unpaired) electrons. The molecule has 0 aliphatic carbocycles. The molecule has 14 heavy (non-hydrogen) atoms. The summed E-state index contributed by atoms with van der Waals surface area (Å²) in [5.41, 5.74) is 10.4. The molecule has 5 N–H and O–H groups in total. The van der Waals surface area contributed by atoms with E-state index in [0.717, 1.165) is 0 Å². The van der Waals surface area contributed by atoms with Crippen molar-refractivity contribution >= 4 is 6.09 Å². The van der Waals surface area contributed by atoms with E-state index in [1.807, 2.05) is 20.8 Å². The van der Waals surface area contributed by atoms with Gasteiger partial charge in [-0.2, -0.15) is 0 Å². The van der Waals surface area contributed by atoms with Crippen LogP contribution in [0.3, 0.4) is 0 Å². The Bertz CT molecular complexity index is 177. The number of carbonyl (C=O) groups excluding carboxylic acids is 1. The summed E-state index contributed by atoms with van der Waals surface area (Å²) < 4.78 is 5.03. The second kappa shape index (κ2) is 5.82. The van der Waals surface area contributed by atoms with E-state index < -0.39 is 11.7 Å². The number of hydrogen-bond donors (Lipinski definition) is 3. The zero-order chi connectivity index (χ0) is 11.2. The quantitative estimate of drug-likeness (QED) is 0.608. The average Bonchev–Trinajstić information content (AvgIpc) is 2.00. The summed E-state index contributed by atoms with van der Waals surface area (Å²) >= 11 is 0. The van der Waals surface area contributed by atoms with Crippen LogP contribution in [0.15, 0.2) is 0 Å². The van der Waals surface area contributed by atoms with Crippen LogP contribution in [0, 0.1) is 0 Å². The van der Waals surface area contributed by atoms with Gasteiger partial charge in [0.05, 0.1) is 0 Å². The molecule has 0 saturated carbocycles. The Balaban J connectivity index is 3.55. The zero-order valence-corrected chi connectivity index (χ0v) is 9.17. The number of rotatable bonds is 4. The van der Waals surface area contributed by atoms with Crippen LogP contribution in [0.2, 0.25) is 0 Å². The second-order valence-electron chi connectivity index (χ2n) is 4.21. The number of amides is 1. The predicted octanol–water partition coefficient (Wildman–Crippen LogP) is 0.187. The minimum Gasteiger partial charge on any atom is -0.444 e. The van der Waals surface area contributed by atoms with Gasteiger partial charge in [-0.15, -0.1) is 0 Å². The summed E-state index contributed by atoms with van der Waals surface area (Å²) in [5, 5.41) is 2.61. The maximum absolute atomic E-state index is 11.1. The van der Waals surface area contributed by atoms with Gasteiger partial charge in [-0.3, -0.25) is 0 Å². The maximum Gasteiger partial charge on any atom is 0.407 e. The Labute approximate surface area is 85.2 Å². The Morgan fingerprint density at radius 2 is 2.07 bits per heavy atom. The van der Waals surface area contributed by atoms with Gasteiger partial charge in [-0.05, 0) is 27.2 Å². The third-order valence-corrected chi connectivity index (χ3v) is 1.49. The molecule has 5 nitrogen and oxygen atoms in total. The molecule has 0 aromatic heterocycles. The molecule has 0 aromatic carbocycles. The fourth-order valence-electron chi connectivity index (χ4n) is 0.792. The third-order valence-electron chi connectivity index (χ3n) is 1.49. The van der Waals surface area contributed by atoms with E-state index >= 15 is 0 Å². The highest BCUT2D eigenvalue weighted by molar-refractivity contribution is 5.67. The van der Waals surface area contributed by atoms with Crippen LogP contribution >= 0.6 is 0 Å². The van der Waals surface area contributed by atoms with E-state index in [9.17, 15) is 4.79 Å².